The Kier molecular flexibility index (Phi) is 11.9. The zero-order chi connectivity index (χ0) is 44.9. The molecule has 316 valence electrons. The Morgan fingerprint density at radius 3 is 1.28 bits per heavy atom. The lowest BCUT2D eigenvalue weighted by Gasteiger charge is -2.28. The highest BCUT2D eigenvalue weighted by molar-refractivity contribution is 6.13. The van der Waals surface area contributed by atoms with E-state index in [-0.39, 0.29) is 11.6 Å². The Balaban J connectivity index is 1.02. The van der Waals surface area contributed by atoms with Gasteiger partial charge in [0.2, 0.25) is 0 Å². The molecular weight excluding hydrogens is 797 g/mol. The van der Waals surface area contributed by atoms with Gasteiger partial charge in [0.1, 0.15) is 17.2 Å². The van der Waals surface area contributed by atoms with Crippen molar-refractivity contribution in [1.82, 2.24) is 0 Å². The Bertz CT molecular complexity index is 3110. The predicted molar refractivity (Wildman–Crippen MR) is 264 cm³/mol. The van der Waals surface area contributed by atoms with Crippen molar-refractivity contribution < 1.29 is 19.1 Å². The first-order valence-electron chi connectivity index (χ1n) is 21.8. The van der Waals surface area contributed by atoms with Gasteiger partial charge in [-0.2, -0.15) is 0 Å². The molecule has 0 unspecified atom stereocenters. The zero-order valence-corrected chi connectivity index (χ0v) is 36.9. The molecule has 0 heterocycles. The van der Waals surface area contributed by atoms with Crippen LogP contribution in [-0.4, -0.2) is 18.7 Å². The molecule has 0 radical (unpaired) electrons. The maximum absolute atomic E-state index is 13.7. The minimum atomic E-state index is -0.410. The summed E-state index contributed by atoms with van der Waals surface area (Å²) < 4.78 is 12.6. The van der Waals surface area contributed by atoms with Gasteiger partial charge in [0, 0.05) is 38.8 Å². The van der Waals surface area contributed by atoms with Crippen LogP contribution in [0, 0.1) is 6.92 Å². The topological polar surface area (TPSA) is 52.6 Å². The average Bonchev–Trinajstić information content (AvgIpc) is 3.37. The summed E-state index contributed by atoms with van der Waals surface area (Å²) in [7, 11) is 1.72. The number of hydrogen-bond donors (Lipinski definition) is 0. The van der Waals surface area contributed by atoms with Crippen molar-refractivity contribution in [3.05, 3.63) is 257 Å². The summed E-state index contributed by atoms with van der Waals surface area (Å²) in [6.45, 7) is 6.48. The maximum Gasteiger partial charge on any atom is 0.193 e. The molecule has 0 N–H and O–H groups in total. The van der Waals surface area contributed by atoms with Crippen molar-refractivity contribution in [2.75, 3.05) is 7.11 Å². The molecule has 0 aromatic heterocycles. The molecule has 0 amide bonds. The Morgan fingerprint density at radius 2 is 0.800 bits per heavy atom. The van der Waals surface area contributed by atoms with E-state index in [1.807, 2.05) is 61.5 Å². The molecule has 0 aliphatic rings. The average molecular weight is 845 g/mol. The van der Waals surface area contributed by atoms with Gasteiger partial charge in [-0.3, -0.25) is 9.59 Å². The summed E-state index contributed by atoms with van der Waals surface area (Å²) >= 11 is 0. The summed E-state index contributed by atoms with van der Waals surface area (Å²) in [6.07, 6.45) is 0. The molecule has 9 aromatic carbocycles. The normalized spacial score (nSPS) is 11.2. The highest BCUT2D eigenvalue weighted by atomic mass is 16.5. The van der Waals surface area contributed by atoms with E-state index < -0.39 is 5.41 Å². The van der Waals surface area contributed by atoms with E-state index in [4.69, 9.17) is 9.47 Å². The third kappa shape index (κ3) is 9.07. The number of methoxy groups -OCH3 is 1. The van der Waals surface area contributed by atoms with Gasteiger partial charge >= 0.3 is 0 Å². The Hall–Kier alpha value is -8.08. The van der Waals surface area contributed by atoms with Gasteiger partial charge in [0.15, 0.2) is 11.6 Å². The molecule has 0 fully saturated rings. The minimum Gasteiger partial charge on any atom is -0.496 e. The van der Waals surface area contributed by atoms with Crippen LogP contribution in [0.3, 0.4) is 0 Å². The molecular formula is C61H48O4. The first kappa shape index (κ1) is 42.2. The van der Waals surface area contributed by atoms with Crippen LogP contribution in [0.25, 0.3) is 44.5 Å². The van der Waals surface area contributed by atoms with Crippen molar-refractivity contribution >= 4 is 11.6 Å². The van der Waals surface area contributed by atoms with E-state index in [2.05, 4.69) is 141 Å². The third-order valence-electron chi connectivity index (χ3n) is 12.3. The number of hydrogen-bond acceptors (Lipinski definition) is 4. The number of benzene rings is 9. The van der Waals surface area contributed by atoms with Crippen LogP contribution in [0.2, 0.25) is 0 Å². The van der Waals surface area contributed by atoms with Crippen molar-refractivity contribution in [1.29, 1.82) is 0 Å². The number of carbonyl (C=O) groups excluding carboxylic acids is 2. The van der Waals surface area contributed by atoms with Gasteiger partial charge < -0.3 is 9.47 Å². The molecule has 0 atom stereocenters. The Morgan fingerprint density at radius 1 is 0.385 bits per heavy atom. The van der Waals surface area contributed by atoms with Crippen molar-refractivity contribution in [3.8, 4) is 61.8 Å². The van der Waals surface area contributed by atoms with Gasteiger partial charge in [0.25, 0.3) is 0 Å². The summed E-state index contributed by atoms with van der Waals surface area (Å²) in [4.78, 5) is 27.0. The second-order valence-electron chi connectivity index (χ2n) is 16.9. The number of ether oxygens (including phenoxy) is 2. The summed E-state index contributed by atoms with van der Waals surface area (Å²) in [5.74, 6) is 1.80. The highest BCUT2D eigenvalue weighted by Gasteiger charge is 2.27. The van der Waals surface area contributed by atoms with Gasteiger partial charge in [0.05, 0.1) is 7.11 Å². The van der Waals surface area contributed by atoms with E-state index >= 15 is 0 Å². The van der Waals surface area contributed by atoms with Crippen molar-refractivity contribution in [3.63, 3.8) is 0 Å². The first-order chi connectivity index (χ1) is 31.6. The van der Waals surface area contributed by atoms with Crippen LogP contribution < -0.4 is 9.47 Å². The molecule has 9 rings (SSSR count). The van der Waals surface area contributed by atoms with Crippen LogP contribution in [0.4, 0.5) is 0 Å². The van der Waals surface area contributed by atoms with Crippen LogP contribution in [0.1, 0.15) is 62.4 Å². The van der Waals surface area contributed by atoms with E-state index in [1.54, 1.807) is 43.5 Å². The zero-order valence-electron chi connectivity index (χ0n) is 36.9. The fourth-order valence-electron chi connectivity index (χ4n) is 8.31. The van der Waals surface area contributed by atoms with E-state index in [0.717, 1.165) is 61.4 Å². The fraction of sp³-hybridized carbons (Fsp3) is 0.0820. The molecule has 65 heavy (non-hydrogen) atoms. The quantitative estimate of drug-likeness (QED) is 0.109. The highest BCUT2D eigenvalue weighted by Crippen LogP contribution is 2.43. The molecule has 0 aliphatic heterocycles. The predicted octanol–water partition coefficient (Wildman–Crippen LogP) is 15.3. The van der Waals surface area contributed by atoms with Gasteiger partial charge in [-0.1, -0.05) is 183 Å². The number of rotatable bonds is 13. The number of ketones is 2. The van der Waals surface area contributed by atoms with Gasteiger partial charge in [-0.15, -0.1) is 0 Å². The fourth-order valence-corrected chi connectivity index (χ4v) is 8.31. The standard InChI is InChI=1S/C61H48O4/c1-41-18-20-48(21-19-41)59(62)50-16-11-17-51(38-50)60(63)49-30-34-54(35-31-49)65-58-37-33-53(40-56(58)47-28-24-45(25-29-47)43-14-9-6-10-15-43)61(2,3)52-32-36-57(64-4)55(39-52)46-26-22-44(23-27-46)42-12-7-5-8-13-42/h5-40H,1-4H3. The summed E-state index contributed by atoms with van der Waals surface area (Å²) in [5, 5.41) is 0. The van der Waals surface area contributed by atoms with E-state index in [9.17, 15) is 9.59 Å². The molecule has 0 aliphatic carbocycles. The lowest BCUT2D eigenvalue weighted by Crippen LogP contribution is -2.19. The van der Waals surface area contributed by atoms with Crippen LogP contribution in [-0.2, 0) is 5.41 Å². The third-order valence-corrected chi connectivity index (χ3v) is 12.3. The van der Waals surface area contributed by atoms with Crippen molar-refractivity contribution in [2.45, 2.75) is 26.2 Å². The summed E-state index contributed by atoms with van der Waals surface area (Å²) in [5.41, 5.74) is 13.6. The second kappa shape index (κ2) is 18.3. The van der Waals surface area contributed by atoms with E-state index in [0.29, 0.717) is 33.8 Å². The van der Waals surface area contributed by atoms with Crippen LogP contribution in [0.15, 0.2) is 218 Å². The molecule has 0 spiro atoms. The largest absolute Gasteiger partial charge is 0.496 e. The van der Waals surface area contributed by atoms with Gasteiger partial charge in [-0.25, -0.2) is 0 Å². The second-order valence-corrected chi connectivity index (χ2v) is 16.9. The molecule has 4 heteroatoms. The molecule has 0 bridgehead atoms. The molecule has 4 nitrogen and oxygen atoms in total. The number of aryl methyl sites for hydroxylation is 1. The summed E-state index contributed by atoms with van der Waals surface area (Å²) in [6, 6.07) is 72.4. The molecule has 0 saturated heterocycles. The monoisotopic (exact) mass is 844 g/mol. The van der Waals surface area contributed by atoms with Crippen LogP contribution in [0.5, 0.6) is 17.2 Å². The lowest BCUT2D eigenvalue weighted by molar-refractivity contribution is 0.103. The maximum atomic E-state index is 13.7. The van der Waals surface area contributed by atoms with Crippen molar-refractivity contribution in [2.24, 2.45) is 0 Å². The molecule has 9 aromatic rings. The van der Waals surface area contributed by atoms with Crippen LogP contribution >= 0.6 is 0 Å². The number of carbonyl (C=O) groups is 2. The van der Waals surface area contributed by atoms with E-state index in [1.165, 1.54) is 5.56 Å². The smallest absolute Gasteiger partial charge is 0.193 e. The molecule has 0 saturated carbocycles. The lowest BCUT2D eigenvalue weighted by atomic mass is 9.76. The first-order valence-corrected chi connectivity index (χ1v) is 21.8. The van der Waals surface area contributed by atoms with Gasteiger partial charge in [-0.05, 0) is 106 Å². The SMILES string of the molecule is COc1ccc(C(C)(C)c2ccc(Oc3ccc(C(=O)c4cccc(C(=O)c5ccc(C)cc5)c4)cc3)c(-c3ccc(-c4ccccc4)cc3)c2)cc1-c1ccc(-c2ccccc2)cc1. The minimum absolute atomic E-state index is 0.123. The Labute approximate surface area is 381 Å².